The smallest absolute Gasteiger partial charge is 0.0626 e. The van der Waals surface area contributed by atoms with E-state index in [0.717, 1.165) is 1.93 Å². The normalized spacial score (nSPS) is 11.5. The Morgan fingerprint density at radius 1 is 0.385 bits per heavy atom. The van der Waals surface area contributed by atoms with Crippen LogP contribution in [0.4, 0.5) is 0 Å². The van der Waals surface area contributed by atoms with Gasteiger partial charge < -0.3 is 0 Å². The topological polar surface area (TPSA) is 0 Å². The number of alkyl halides is 2. The van der Waals surface area contributed by atoms with Crippen molar-refractivity contribution in [2.45, 2.75) is 150 Å². The van der Waals surface area contributed by atoms with Crippen molar-refractivity contribution in [3.63, 3.8) is 0 Å². The second-order valence-corrected chi connectivity index (χ2v) is 13.6. The van der Waals surface area contributed by atoms with E-state index in [1.807, 2.05) is 0 Å². The third kappa shape index (κ3) is 25.5. The Bertz CT molecular complexity index is 240. The van der Waals surface area contributed by atoms with E-state index < -0.39 is 0 Å². The fraction of sp³-hybridized carbons (Fsp3) is 1.00. The van der Waals surface area contributed by atoms with Gasteiger partial charge in [0.2, 0.25) is 0 Å². The summed E-state index contributed by atoms with van der Waals surface area (Å²) in [4.78, 5) is 0. The van der Waals surface area contributed by atoms with Gasteiger partial charge in [0.15, 0.2) is 0 Å². The summed E-state index contributed by atoms with van der Waals surface area (Å²) in [7, 11) is 0. The molecule has 0 nitrogen and oxygen atoms in total. The highest BCUT2D eigenvalue weighted by atomic mass is 127. The van der Waals surface area contributed by atoms with Gasteiger partial charge in [-0.1, -0.05) is 187 Å². The standard InChI is InChI=1S/C24H48I2/c1-2-3-4-5-6-7-8-9-10-11-12-13-14-15-16-17-18-19-20-21-22-23-24(25)26/h24H,2-23H2,1H3. The van der Waals surface area contributed by atoms with Crippen LogP contribution in [0.1, 0.15) is 148 Å². The molecule has 2 heteroatoms. The highest BCUT2D eigenvalue weighted by molar-refractivity contribution is 14.2. The molecule has 0 atom stereocenters. The molecule has 0 N–H and O–H groups in total. The van der Waals surface area contributed by atoms with Crippen molar-refractivity contribution in [1.82, 2.24) is 0 Å². The highest BCUT2D eigenvalue weighted by Crippen LogP contribution is 2.19. The average Bonchev–Trinajstić information content (AvgIpc) is 2.62. The molecular formula is C24H48I2. The zero-order valence-corrected chi connectivity index (χ0v) is 22.2. The van der Waals surface area contributed by atoms with Crippen molar-refractivity contribution in [2.24, 2.45) is 0 Å². The maximum atomic E-state index is 2.54. The SMILES string of the molecule is CCCCCCCCCCCCCCCCCCCCCCCC(I)I. The first-order valence-corrected chi connectivity index (χ1v) is 14.5. The summed E-state index contributed by atoms with van der Waals surface area (Å²) >= 11 is 5.07. The summed E-state index contributed by atoms with van der Waals surface area (Å²) < 4.78 is 0.838. The maximum absolute atomic E-state index is 2.54. The number of rotatable bonds is 22. The van der Waals surface area contributed by atoms with E-state index in [1.165, 1.54) is 141 Å². The quantitative estimate of drug-likeness (QED) is 0.0669. The molecule has 26 heavy (non-hydrogen) atoms. The molecule has 0 amide bonds. The Kier molecular flexibility index (Phi) is 25.9. The van der Waals surface area contributed by atoms with E-state index in [9.17, 15) is 0 Å². The molecule has 158 valence electrons. The van der Waals surface area contributed by atoms with Crippen molar-refractivity contribution in [2.75, 3.05) is 0 Å². The summed E-state index contributed by atoms with van der Waals surface area (Å²) in [6, 6.07) is 0. The van der Waals surface area contributed by atoms with Crippen LogP contribution >= 0.6 is 45.2 Å². The van der Waals surface area contributed by atoms with Gasteiger partial charge >= 0.3 is 0 Å². The van der Waals surface area contributed by atoms with Crippen LogP contribution in [0, 0.1) is 0 Å². The first-order valence-electron chi connectivity index (χ1n) is 12.1. The van der Waals surface area contributed by atoms with Crippen LogP contribution < -0.4 is 0 Å². The molecule has 0 unspecified atom stereocenters. The van der Waals surface area contributed by atoms with Gasteiger partial charge in [-0.25, -0.2) is 0 Å². The Labute approximate surface area is 194 Å². The van der Waals surface area contributed by atoms with E-state index in [2.05, 4.69) is 52.1 Å². The molecule has 0 rings (SSSR count). The summed E-state index contributed by atoms with van der Waals surface area (Å²) in [5, 5.41) is 0. The van der Waals surface area contributed by atoms with Gasteiger partial charge in [-0.15, -0.1) is 0 Å². The number of hydrogen-bond donors (Lipinski definition) is 0. The summed E-state index contributed by atoms with van der Waals surface area (Å²) in [5.74, 6) is 0. The lowest BCUT2D eigenvalue weighted by atomic mass is 10.0. The monoisotopic (exact) mass is 590 g/mol. The second-order valence-electron chi connectivity index (χ2n) is 8.25. The van der Waals surface area contributed by atoms with Gasteiger partial charge in [-0.05, 0) is 6.42 Å². The molecule has 0 aliphatic rings. The molecule has 0 radical (unpaired) electrons. The molecule has 0 aliphatic heterocycles. The Hall–Kier alpha value is 1.46. The lowest BCUT2D eigenvalue weighted by Gasteiger charge is -2.04. The molecule has 0 aliphatic carbocycles. The van der Waals surface area contributed by atoms with Gasteiger partial charge in [0, 0.05) is 0 Å². The molecule has 0 bridgehead atoms. The minimum absolute atomic E-state index is 0.838. The van der Waals surface area contributed by atoms with Crippen LogP contribution in [0.25, 0.3) is 0 Å². The molecule has 0 fully saturated rings. The van der Waals surface area contributed by atoms with Crippen molar-refractivity contribution >= 4 is 45.2 Å². The third-order valence-corrected chi connectivity index (χ3v) is 6.77. The van der Waals surface area contributed by atoms with E-state index in [-0.39, 0.29) is 0 Å². The van der Waals surface area contributed by atoms with E-state index in [1.54, 1.807) is 0 Å². The fourth-order valence-corrected chi connectivity index (χ4v) is 4.61. The largest absolute Gasteiger partial charge is 0.0710 e. The lowest BCUT2D eigenvalue weighted by molar-refractivity contribution is 0.520. The molecule has 0 aromatic carbocycles. The molecule has 0 saturated carbocycles. The second kappa shape index (κ2) is 24.5. The predicted molar refractivity (Wildman–Crippen MR) is 139 cm³/mol. The van der Waals surface area contributed by atoms with Crippen LogP contribution in [-0.4, -0.2) is 1.93 Å². The lowest BCUT2D eigenvalue weighted by Crippen LogP contribution is -1.86. The van der Waals surface area contributed by atoms with Crippen molar-refractivity contribution in [3.05, 3.63) is 0 Å². The molecule has 0 aromatic heterocycles. The van der Waals surface area contributed by atoms with Crippen LogP contribution in [0.2, 0.25) is 0 Å². The summed E-state index contributed by atoms with van der Waals surface area (Å²) in [6.45, 7) is 2.30. The van der Waals surface area contributed by atoms with Crippen molar-refractivity contribution in [3.8, 4) is 0 Å². The van der Waals surface area contributed by atoms with Crippen molar-refractivity contribution < 1.29 is 0 Å². The first kappa shape index (κ1) is 27.5. The van der Waals surface area contributed by atoms with E-state index >= 15 is 0 Å². The number of unbranched alkanes of at least 4 members (excludes halogenated alkanes) is 20. The van der Waals surface area contributed by atoms with Gasteiger partial charge in [0.25, 0.3) is 0 Å². The van der Waals surface area contributed by atoms with Crippen LogP contribution in [0.15, 0.2) is 0 Å². The zero-order valence-electron chi connectivity index (χ0n) is 17.9. The summed E-state index contributed by atoms with van der Waals surface area (Å²) in [5.41, 5.74) is 0. The van der Waals surface area contributed by atoms with Crippen LogP contribution in [-0.2, 0) is 0 Å². The maximum Gasteiger partial charge on any atom is 0.0626 e. The highest BCUT2D eigenvalue weighted by Gasteiger charge is 1.98. The van der Waals surface area contributed by atoms with Gasteiger partial charge in [0.05, 0.1) is 1.93 Å². The first-order chi connectivity index (χ1) is 12.8. The predicted octanol–water partition coefficient (Wildman–Crippen LogP) is 10.8. The van der Waals surface area contributed by atoms with E-state index in [0.29, 0.717) is 0 Å². The third-order valence-electron chi connectivity index (χ3n) is 5.53. The molecule has 0 heterocycles. The summed E-state index contributed by atoms with van der Waals surface area (Å²) in [6.07, 6.45) is 32.4. The Morgan fingerprint density at radius 3 is 0.846 bits per heavy atom. The Balaban J connectivity index is 2.97. The van der Waals surface area contributed by atoms with Crippen LogP contribution in [0.3, 0.4) is 0 Å². The molecule has 0 saturated heterocycles. The fourth-order valence-electron chi connectivity index (χ4n) is 3.73. The van der Waals surface area contributed by atoms with Gasteiger partial charge in [-0.3, -0.25) is 0 Å². The Morgan fingerprint density at radius 2 is 0.615 bits per heavy atom. The minimum Gasteiger partial charge on any atom is -0.0710 e. The number of halogens is 2. The molecule has 0 aromatic rings. The van der Waals surface area contributed by atoms with Gasteiger partial charge in [-0.2, -0.15) is 0 Å². The minimum atomic E-state index is 0.838. The van der Waals surface area contributed by atoms with Crippen LogP contribution in [0.5, 0.6) is 0 Å². The van der Waals surface area contributed by atoms with E-state index in [4.69, 9.17) is 0 Å². The zero-order chi connectivity index (χ0) is 19.1. The number of hydrogen-bond acceptors (Lipinski definition) is 0. The average molecular weight is 590 g/mol. The molecule has 0 spiro atoms. The van der Waals surface area contributed by atoms with Crippen molar-refractivity contribution in [1.29, 1.82) is 0 Å². The molecular weight excluding hydrogens is 542 g/mol. The van der Waals surface area contributed by atoms with Gasteiger partial charge in [0.1, 0.15) is 0 Å².